The zero-order chi connectivity index (χ0) is 28.8. The van der Waals surface area contributed by atoms with Crippen molar-refractivity contribution in [3.05, 3.63) is 12.7 Å². The molecule has 40 heavy (non-hydrogen) atoms. The number of unbranched alkanes of at least 4 members (excludes halogenated alkanes) is 12. The van der Waals surface area contributed by atoms with Gasteiger partial charge in [0.25, 0.3) is 0 Å². The van der Waals surface area contributed by atoms with Crippen LogP contribution in [-0.4, -0.2) is 57.8 Å². The number of rotatable bonds is 24. The summed E-state index contributed by atoms with van der Waals surface area (Å²) in [5.74, 6) is 0.117. The van der Waals surface area contributed by atoms with E-state index in [2.05, 4.69) is 34.1 Å². The predicted octanol–water partition coefficient (Wildman–Crippen LogP) is 6.58. The Hall–Kier alpha value is -2.75. The van der Waals surface area contributed by atoms with Crippen LogP contribution >= 0.6 is 0 Å². The van der Waals surface area contributed by atoms with Crippen LogP contribution in [0.2, 0.25) is 0 Å². The summed E-state index contributed by atoms with van der Waals surface area (Å²) in [6.07, 6.45) is 19.2. The number of hydrogen-bond acceptors (Lipinski definition) is 9. The average Bonchev–Trinajstić information content (AvgIpc) is 3.39. The van der Waals surface area contributed by atoms with Gasteiger partial charge in [0.15, 0.2) is 11.5 Å². The van der Waals surface area contributed by atoms with Gasteiger partial charge in [-0.05, 0) is 12.8 Å². The third-order valence-electron chi connectivity index (χ3n) is 6.92. The van der Waals surface area contributed by atoms with Gasteiger partial charge in [-0.2, -0.15) is 0 Å². The Bertz CT molecular complexity index is 933. The summed E-state index contributed by atoms with van der Waals surface area (Å²) < 4.78 is 18.8. The molecule has 0 saturated carbocycles. The first-order valence-electron chi connectivity index (χ1n) is 15.3. The first kappa shape index (κ1) is 33.5. The molecular formula is C30H51N5O5. The van der Waals surface area contributed by atoms with Gasteiger partial charge < -0.3 is 19.5 Å². The third kappa shape index (κ3) is 13.5. The number of imidazole rings is 1. The predicted molar refractivity (Wildman–Crippen MR) is 157 cm³/mol. The lowest BCUT2D eigenvalue weighted by atomic mass is 10.1. The quantitative estimate of drug-likeness (QED) is 0.112. The highest BCUT2D eigenvalue weighted by atomic mass is 16.6. The molecule has 2 aromatic heterocycles. The lowest BCUT2D eigenvalue weighted by Gasteiger charge is -2.18. The zero-order valence-electron chi connectivity index (χ0n) is 25.0. The van der Waals surface area contributed by atoms with Crippen molar-refractivity contribution in [3.8, 4) is 0 Å². The standard InChI is InChI=1S/C30H51N5O5/c1-4-6-8-10-12-14-16-18-26(36)38-20-25(21-39-27(37)19-17-15-13-11-9-7-5-2)40-24-35-23-34-28-29(31-3)32-22-33-30(28)35/h22-23,25H,4-21,24H2,1-3H3,(H,31,32,33). The van der Waals surface area contributed by atoms with Crippen LogP contribution in [0.15, 0.2) is 12.7 Å². The summed E-state index contributed by atoms with van der Waals surface area (Å²) in [6.45, 7) is 4.56. The number of ether oxygens (including phenoxy) is 3. The van der Waals surface area contributed by atoms with Crippen molar-refractivity contribution in [2.75, 3.05) is 25.6 Å². The van der Waals surface area contributed by atoms with E-state index in [4.69, 9.17) is 14.2 Å². The Morgan fingerprint density at radius 2 is 1.30 bits per heavy atom. The Balaban J connectivity index is 1.81. The van der Waals surface area contributed by atoms with Gasteiger partial charge in [0.2, 0.25) is 0 Å². The van der Waals surface area contributed by atoms with Gasteiger partial charge in [-0.3, -0.25) is 14.2 Å². The van der Waals surface area contributed by atoms with E-state index < -0.39 is 6.10 Å². The fraction of sp³-hybridized carbons (Fsp3) is 0.767. The lowest BCUT2D eigenvalue weighted by Crippen LogP contribution is -2.29. The molecule has 0 saturated heterocycles. The molecule has 0 aliphatic rings. The second-order valence-electron chi connectivity index (χ2n) is 10.4. The minimum atomic E-state index is -0.598. The Labute approximate surface area is 240 Å². The largest absolute Gasteiger partial charge is 0.463 e. The molecule has 1 N–H and O–H groups in total. The molecule has 0 atom stereocenters. The van der Waals surface area contributed by atoms with Crippen LogP contribution in [0.1, 0.15) is 117 Å². The van der Waals surface area contributed by atoms with E-state index in [0.29, 0.717) is 29.8 Å². The minimum absolute atomic E-state index is 0.0173. The molecule has 0 aliphatic carbocycles. The third-order valence-corrected chi connectivity index (χ3v) is 6.92. The van der Waals surface area contributed by atoms with Gasteiger partial charge in [-0.1, -0.05) is 90.9 Å². The normalized spacial score (nSPS) is 11.3. The molecule has 0 radical (unpaired) electrons. The summed E-state index contributed by atoms with van der Waals surface area (Å²) in [4.78, 5) is 37.5. The molecule has 0 aromatic carbocycles. The van der Waals surface area contributed by atoms with Crippen LogP contribution < -0.4 is 5.32 Å². The molecule has 2 heterocycles. The fourth-order valence-electron chi connectivity index (χ4n) is 4.46. The Morgan fingerprint density at radius 3 is 1.82 bits per heavy atom. The molecule has 226 valence electrons. The van der Waals surface area contributed by atoms with Gasteiger partial charge in [-0.25, -0.2) is 15.0 Å². The van der Waals surface area contributed by atoms with Gasteiger partial charge in [0.1, 0.15) is 37.9 Å². The summed E-state index contributed by atoms with van der Waals surface area (Å²) >= 11 is 0. The van der Waals surface area contributed by atoms with E-state index in [1.165, 1.54) is 57.7 Å². The van der Waals surface area contributed by atoms with Crippen molar-refractivity contribution in [1.82, 2.24) is 19.5 Å². The van der Waals surface area contributed by atoms with Crippen molar-refractivity contribution >= 4 is 28.9 Å². The maximum absolute atomic E-state index is 12.3. The number of fused-ring (bicyclic) bond motifs is 1. The molecule has 2 rings (SSSR count). The highest BCUT2D eigenvalue weighted by Gasteiger charge is 2.17. The second-order valence-corrected chi connectivity index (χ2v) is 10.4. The lowest BCUT2D eigenvalue weighted by molar-refractivity contribution is -0.157. The van der Waals surface area contributed by atoms with Gasteiger partial charge in [-0.15, -0.1) is 0 Å². The topological polar surface area (TPSA) is 117 Å². The number of nitrogens with one attached hydrogen (secondary N) is 1. The van der Waals surface area contributed by atoms with E-state index in [9.17, 15) is 9.59 Å². The molecule has 0 aliphatic heterocycles. The van der Waals surface area contributed by atoms with Crippen LogP contribution in [0.25, 0.3) is 11.2 Å². The van der Waals surface area contributed by atoms with Crippen LogP contribution in [0.3, 0.4) is 0 Å². The number of carbonyl (C=O) groups excluding carboxylic acids is 2. The highest BCUT2D eigenvalue weighted by Crippen LogP contribution is 2.17. The number of hydrogen-bond donors (Lipinski definition) is 1. The summed E-state index contributed by atoms with van der Waals surface area (Å²) in [6, 6.07) is 0. The van der Waals surface area contributed by atoms with Crippen molar-refractivity contribution in [2.45, 2.75) is 129 Å². The summed E-state index contributed by atoms with van der Waals surface area (Å²) in [5.41, 5.74) is 1.25. The van der Waals surface area contributed by atoms with E-state index in [0.717, 1.165) is 38.5 Å². The van der Waals surface area contributed by atoms with Crippen molar-refractivity contribution < 1.29 is 23.8 Å². The molecule has 0 fully saturated rings. The minimum Gasteiger partial charge on any atom is -0.463 e. The zero-order valence-corrected chi connectivity index (χ0v) is 25.0. The first-order valence-corrected chi connectivity index (χ1v) is 15.3. The number of nitrogens with zero attached hydrogens (tertiary/aromatic N) is 4. The maximum Gasteiger partial charge on any atom is 0.305 e. The van der Waals surface area contributed by atoms with Crippen molar-refractivity contribution in [1.29, 1.82) is 0 Å². The molecule has 0 unspecified atom stereocenters. The highest BCUT2D eigenvalue weighted by molar-refractivity contribution is 5.82. The number of esters is 2. The maximum atomic E-state index is 12.3. The SMILES string of the molecule is CCCCCCCCCC(=O)OCC(COC(=O)CCCCCCCCC)OCn1cnc2c(NC)ncnc21. The smallest absolute Gasteiger partial charge is 0.305 e. The fourth-order valence-corrected chi connectivity index (χ4v) is 4.46. The van der Waals surface area contributed by atoms with Crippen molar-refractivity contribution in [2.24, 2.45) is 0 Å². The summed E-state index contributed by atoms with van der Waals surface area (Å²) in [7, 11) is 1.77. The molecule has 10 nitrogen and oxygen atoms in total. The molecule has 0 amide bonds. The van der Waals surface area contributed by atoms with E-state index in [1.54, 1.807) is 17.9 Å². The Morgan fingerprint density at radius 1 is 0.775 bits per heavy atom. The average molecular weight is 562 g/mol. The van der Waals surface area contributed by atoms with E-state index >= 15 is 0 Å². The van der Waals surface area contributed by atoms with E-state index in [1.807, 2.05) is 0 Å². The number of carbonyl (C=O) groups is 2. The Kier molecular flexibility index (Phi) is 17.6. The molecule has 0 spiro atoms. The van der Waals surface area contributed by atoms with Crippen LogP contribution in [0, 0.1) is 0 Å². The molecule has 10 heteroatoms. The van der Waals surface area contributed by atoms with Crippen LogP contribution in [-0.2, 0) is 30.5 Å². The molecular weight excluding hydrogens is 510 g/mol. The van der Waals surface area contributed by atoms with Gasteiger partial charge in [0, 0.05) is 19.9 Å². The van der Waals surface area contributed by atoms with Crippen LogP contribution in [0.4, 0.5) is 5.82 Å². The van der Waals surface area contributed by atoms with Crippen molar-refractivity contribution in [3.63, 3.8) is 0 Å². The van der Waals surface area contributed by atoms with Crippen LogP contribution in [0.5, 0.6) is 0 Å². The molecule has 2 aromatic rings. The number of anilines is 1. The number of aromatic nitrogens is 4. The van der Waals surface area contributed by atoms with E-state index in [-0.39, 0.29) is 31.9 Å². The van der Waals surface area contributed by atoms with Gasteiger partial charge >= 0.3 is 11.9 Å². The first-order chi connectivity index (χ1) is 19.6. The molecule has 0 bridgehead atoms. The summed E-state index contributed by atoms with van der Waals surface area (Å²) in [5, 5.41) is 3.00. The van der Waals surface area contributed by atoms with Gasteiger partial charge in [0.05, 0.1) is 6.33 Å². The monoisotopic (exact) mass is 561 g/mol. The second kappa shape index (κ2) is 21.1.